The highest BCUT2D eigenvalue weighted by molar-refractivity contribution is 14.0. The number of carbonyl (C=O) groups is 1. The van der Waals surface area contributed by atoms with Crippen LogP contribution in [-0.2, 0) is 11.2 Å². The quantitative estimate of drug-likeness (QED) is 0.393. The molecule has 0 radical (unpaired) electrons. The number of nitrogens with zero attached hydrogens (tertiary/aromatic N) is 3. The Balaban J connectivity index is 0.00000261. The van der Waals surface area contributed by atoms with E-state index in [1.54, 1.807) is 6.26 Å². The molecule has 27 heavy (non-hydrogen) atoms. The van der Waals surface area contributed by atoms with Crippen LogP contribution in [0.15, 0.2) is 27.8 Å². The highest BCUT2D eigenvalue weighted by atomic mass is 127. The molecule has 0 unspecified atom stereocenters. The van der Waals surface area contributed by atoms with Crippen molar-refractivity contribution >= 4 is 35.8 Å². The van der Waals surface area contributed by atoms with E-state index >= 15 is 0 Å². The summed E-state index contributed by atoms with van der Waals surface area (Å²) in [6.07, 6.45) is 7.57. The molecule has 2 fully saturated rings. The van der Waals surface area contributed by atoms with E-state index < -0.39 is 0 Å². The van der Waals surface area contributed by atoms with Crippen molar-refractivity contribution in [1.29, 1.82) is 0 Å². The molecular weight excluding hydrogens is 455 g/mol. The summed E-state index contributed by atoms with van der Waals surface area (Å²) in [6, 6.07) is 4.45. The molecule has 1 saturated carbocycles. The second-order valence-corrected chi connectivity index (χ2v) is 7.63. The van der Waals surface area contributed by atoms with Gasteiger partial charge in [-0.25, -0.2) is 0 Å². The van der Waals surface area contributed by atoms with Crippen LogP contribution in [0.1, 0.15) is 45.3 Å². The van der Waals surface area contributed by atoms with Crippen molar-refractivity contribution in [3.8, 4) is 0 Å². The number of nitrogens with one attached hydrogen (secondary N) is 1. The Morgan fingerprint density at radius 3 is 2.48 bits per heavy atom. The van der Waals surface area contributed by atoms with Gasteiger partial charge in [0.1, 0.15) is 5.76 Å². The van der Waals surface area contributed by atoms with Gasteiger partial charge >= 0.3 is 0 Å². The van der Waals surface area contributed by atoms with E-state index in [-0.39, 0.29) is 35.8 Å². The van der Waals surface area contributed by atoms with Gasteiger partial charge in [0.25, 0.3) is 0 Å². The van der Waals surface area contributed by atoms with Crippen molar-refractivity contribution in [2.24, 2.45) is 10.9 Å². The van der Waals surface area contributed by atoms with Crippen molar-refractivity contribution in [2.45, 2.75) is 52.0 Å². The van der Waals surface area contributed by atoms with E-state index in [0.29, 0.717) is 12.6 Å². The Hall–Kier alpha value is -1.25. The van der Waals surface area contributed by atoms with Gasteiger partial charge in [-0.3, -0.25) is 9.79 Å². The summed E-state index contributed by atoms with van der Waals surface area (Å²) in [6.45, 7) is 7.90. The fourth-order valence-electron chi connectivity index (χ4n) is 3.72. The van der Waals surface area contributed by atoms with E-state index in [2.05, 4.69) is 10.2 Å². The van der Waals surface area contributed by atoms with E-state index in [1.807, 2.05) is 30.9 Å². The minimum atomic E-state index is 0. The number of hydrogen-bond donors (Lipinski definition) is 1. The Morgan fingerprint density at radius 1 is 1.22 bits per heavy atom. The zero-order valence-electron chi connectivity index (χ0n) is 16.5. The van der Waals surface area contributed by atoms with Crippen LogP contribution in [0, 0.1) is 5.92 Å². The van der Waals surface area contributed by atoms with Crippen molar-refractivity contribution < 1.29 is 9.21 Å². The molecule has 1 aromatic heterocycles. The first-order valence-corrected chi connectivity index (χ1v) is 10.0. The number of furan rings is 1. The van der Waals surface area contributed by atoms with Gasteiger partial charge in [-0.1, -0.05) is 26.7 Å². The summed E-state index contributed by atoms with van der Waals surface area (Å²) in [5.41, 5.74) is 0. The van der Waals surface area contributed by atoms with Crippen LogP contribution in [0.25, 0.3) is 0 Å². The summed E-state index contributed by atoms with van der Waals surface area (Å²) in [5, 5.41) is 3.67. The molecule has 7 heteroatoms. The summed E-state index contributed by atoms with van der Waals surface area (Å²) in [5.74, 6) is 2.30. The molecule has 1 amide bonds. The number of hydrogen-bond acceptors (Lipinski definition) is 3. The molecule has 0 atom stereocenters. The van der Waals surface area contributed by atoms with Crippen molar-refractivity contribution in [1.82, 2.24) is 15.1 Å². The minimum Gasteiger partial charge on any atom is -0.469 e. The van der Waals surface area contributed by atoms with Crippen molar-refractivity contribution in [3.05, 3.63) is 24.2 Å². The molecule has 1 aliphatic heterocycles. The fourth-order valence-corrected chi connectivity index (χ4v) is 3.72. The van der Waals surface area contributed by atoms with Gasteiger partial charge in [-0.2, -0.15) is 0 Å². The van der Waals surface area contributed by atoms with Crippen LogP contribution in [0.4, 0.5) is 0 Å². The molecule has 1 N–H and O–H groups in total. The van der Waals surface area contributed by atoms with Crippen LogP contribution in [0.3, 0.4) is 0 Å². The highest BCUT2D eigenvalue weighted by Crippen LogP contribution is 2.18. The maximum atomic E-state index is 12.2. The molecule has 0 spiro atoms. The lowest BCUT2D eigenvalue weighted by Crippen LogP contribution is -2.55. The smallest absolute Gasteiger partial charge is 0.225 e. The largest absolute Gasteiger partial charge is 0.469 e. The van der Waals surface area contributed by atoms with E-state index in [0.717, 1.165) is 44.3 Å². The molecule has 3 rings (SSSR count). The Bertz CT molecular complexity index is 589. The lowest BCUT2D eigenvalue weighted by molar-refractivity contribution is -0.135. The van der Waals surface area contributed by atoms with Gasteiger partial charge in [0, 0.05) is 51.1 Å². The number of halogens is 1. The standard InChI is InChI=1S/C20H32N4O2.HI/c1-16(2)19(25)23-11-13-24(14-12-23)20(22-17-6-3-4-7-17)21-10-9-18-8-5-15-26-18;/h5,8,15-17H,3-4,6-7,9-14H2,1-2H3,(H,21,22);1H. The van der Waals surface area contributed by atoms with E-state index in [1.165, 1.54) is 25.7 Å². The first-order chi connectivity index (χ1) is 12.6. The van der Waals surface area contributed by atoms with Crippen LogP contribution in [0.2, 0.25) is 0 Å². The van der Waals surface area contributed by atoms with Crippen molar-refractivity contribution in [2.75, 3.05) is 32.7 Å². The van der Waals surface area contributed by atoms with Gasteiger partial charge in [-0.15, -0.1) is 24.0 Å². The zero-order valence-corrected chi connectivity index (χ0v) is 18.9. The fraction of sp³-hybridized carbons (Fsp3) is 0.700. The molecule has 1 aliphatic carbocycles. The number of carbonyl (C=O) groups excluding carboxylic acids is 1. The monoisotopic (exact) mass is 488 g/mol. The Kier molecular flexibility index (Phi) is 8.92. The third-order valence-electron chi connectivity index (χ3n) is 5.27. The Labute approximate surface area is 179 Å². The van der Waals surface area contributed by atoms with Crippen LogP contribution >= 0.6 is 24.0 Å². The van der Waals surface area contributed by atoms with Crippen LogP contribution in [0.5, 0.6) is 0 Å². The first-order valence-electron chi connectivity index (χ1n) is 10.0. The lowest BCUT2D eigenvalue weighted by atomic mass is 10.1. The average molecular weight is 488 g/mol. The highest BCUT2D eigenvalue weighted by Gasteiger charge is 2.26. The lowest BCUT2D eigenvalue weighted by Gasteiger charge is -2.38. The summed E-state index contributed by atoms with van der Waals surface area (Å²) < 4.78 is 5.41. The van der Waals surface area contributed by atoms with Crippen LogP contribution < -0.4 is 5.32 Å². The molecule has 0 bridgehead atoms. The van der Waals surface area contributed by atoms with Gasteiger partial charge in [0.15, 0.2) is 5.96 Å². The molecule has 6 nitrogen and oxygen atoms in total. The molecule has 152 valence electrons. The van der Waals surface area contributed by atoms with Gasteiger partial charge in [0.05, 0.1) is 6.26 Å². The molecule has 0 aromatic carbocycles. The number of aliphatic imine (C=N–C) groups is 1. The molecule has 1 aromatic rings. The molecule has 2 aliphatic rings. The summed E-state index contributed by atoms with van der Waals surface area (Å²) >= 11 is 0. The number of guanidine groups is 1. The number of piperazine rings is 1. The molecule has 2 heterocycles. The average Bonchev–Trinajstić information content (AvgIpc) is 3.34. The second kappa shape index (κ2) is 10.9. The van der Waals surface area contributed by atoms with E-state index in [9.17, 15) is 4.79 Å². The summed E-state index contributed by atoms with van der Waals surface area (Å²) in [7, 11) is 0. The van der Waals surface area contributed by atoms with Gasteiger partial charge in [0.2, 0.25) is 5.91 Å². The molecular formula is C20H33IN4O2. The maximum Gasteiger partial charge on any atom is 0.225 e. The van der Waals surface area contributed by atoms with Gasteiger partial charge < -0.3 is 19.5 Å². The van der Waals surface area contributed by atoms with Crippen molar-refractivity contribution in [3.63, 3.8) is 0 Å². The normalized spacial score (nSPS) is 18.7. The van der Waals surface area contributed by atoms with Crippen LogP contribution in [-0.4, -0.2) is 60.4 Å². The third kappa shape index (κ3) is 6.40. The Morgan fingerprint density at radius 2 is 1.89 bits per heavy atom. The topological polar surface area (TPSA) is 61.1 Å². The predicted octanol–water partition coefficient (Wildman–Crippen LogP) is 3.13. The summed E-state index contributed by atoms with van der Waals surface area (Å²) in [4.78, 5) is 21.4. The number of amides is 1. The molecule has 1 saturated heterocycles. The SMILES string of the molecule is CC(C)C(=O)N1CCN(C(=NCCc2ccco2)NC2CCCC2)CC1.I. The predicted molar refractivity (Wildman–Crippen MR) is 119 cm³/mol. The first kappa shape index (κ1) is 22.0. The number of rotatable bonds is 5. The van der Waals surface area contributed by atoms with E-state index in [4.69, 9.17) is 9.41 Å². The second-order valence-electron chi connectivity index (χ2n) is 7.63. The third-order valence-corrected chi connectivity index (χ3v) is 5.27. The zero-order chi connectivity index (χ0) is 18.4. The minimum absolute atomic E-state index is 0. The van der Waals surface area contributed by atoms with Gasteiger partial charge in [-0.05, 0) is 25.0 Å². The maximum absolute atomic E-state index is 12.2.